The Kier molecular flexibility index (Phi) is 6.53. The number of hydrogen-bond acceptors (Lipinski definition) is 5. The van der Waals surface area contributed by atoms with Crippen LogP contribution in [-0.4, -0.2) is 56.7 Å². The third-order valence-corrected chi connectivity index (χ3v) is 4.98. The molecule has 0 aromatic heterocycles. The monoisotopic (exact) mass is 382 g/mol. The van der Waals surface area contributed by atoms with Crippen molar-refractivity contribution in [2.45, 2.75) is 13.3 Å². The van der Waals surface area contributed by atoms with Gasteiger partial charge in [0.05, 0.1) is 18.4 Å². The van der Waals surface area contributed by atoms with Crippen molar-refractivity contribution in [1.29, 1.82) is 0 Å². The average Bonchev–Trinajstić information content (AvgIpc) is 2.77. The Morgan fingerprint density at radius 3 is 2.29 bits per heavy atom. The average molecular weight is 382 g/mol. The molecule has 0 bridgehead atoms. The standard InChI is InChI=1S/C22H26N2O4/c1-3-17-8-10-18(11-9-17)22(26)28-16-21(25)24-14-12-23(13-15-24)19-6-4-5-7-20(19)27-2/h4-11H,3,12-16H2,1-2H3. The van der Waals surface area contributed by atoms with Crippen LogP contribution in [0.1, 0.15) is 22.8 Å². The number of para-hydroxylation sites is 2. The van der Waals surface area contributed by atoms with Gasteiger partial charge in [-0.25, -0.2) is 4.79 Å². The number of esters is 1. The first-order chi connectivity index (χ1) is 13.6. The molecule has 0 aliphatic carbocycles. The van der Waals surface area contributed by atoms with Gasteiger partial charge in [-0.15, -0.1) is 0 Å². The minimum Gasteiger partial charge on any atom is -0.495 e. The number of methoxy groups -OCH3 is 1. The van der Waals surface area contributed by atoms with Crippen LogP contribution in [0.4, 0.5) is 5.69 Å². The quantitative estimate of drug-likeness (QED) is 0.719. The van der Waals surface area contributed by atoms with Gasteiger partial charge in [0.2, 0.25) is 0 Å². The van der Waals surface area contributed by atoms with Crippen LogP contribution in [0.5, 0.6) is 5.75 Å². The van der Waals surface area contributed by atoms with E-state index in [1.165, 1.54) is 0 Å². The third-order valence-electron chi connectivity index (χ3n) is 4.98. The van der Waals surface area contributed by atoms with Crippen LogP contribution in [0, 0.1) is 0 Å². The largest absolute Gasteiger partial charge is 0.495 e. The Labute approximate surface area is 165 Å². The normalized spacial score (nSPS) is 13.9. The molecule has 0 saturated carbocycles. The molecule has 148 valence electrons. The summed E-state index contributed by atoms with van der Waals surface area (Å²) in [5.74, 6) is 0.187. The van der Waals surface area contributed by atoms with Gasteiger partial charge in [-0.3, -0.25) is 4.79 Å². The van der Waals surface area contributed by atoms with E-state index >= 15 is 0 Å². The molecule has 0 atom stereocenters. The lowest BCUT2D eigenvalue weighted by molar-refractivity contribution is -0.134. The second kappa shape index (κ2) is 9.26. The van der Waals surface area contributed by atoms with Crippen molar-refractivity contribution < 1.29 is 19.1 Å². The zero-order valence-corrected chi connectivity index (χ0v) is 16.4. The summed E-state index contributed by atoms with van der Waals surface area (Å²) in [6.45, 7) is 4.40. The number of amides is 1. The number of ether oxygens (including phenoxy) is 2. The molecule has 0 radical (unpaired) electrons. The van der Waals surface area contributed by atoms with Crippen LogP contribution in [0.15, 0.2) is 48.5 Å². The van der Waals surface area contributed by atoms with Gasteiger partial charge in [0.1, 0.15) is 5.75 Å². The van der Waals surface area contributed by atoms with Crippen LogP contribution in [0.2, 0.25) is 0 Å². The van der Waals surface area contributed by atoms with Gasteiger partial charge in [-0.1, -0.05) is 31.2 Å². The first-order valence-electron chi connectivity index (χ1n) is 9.54. The van der Waals surface area contributed by atoms with E-state index in [-0.39, 0.29) is 12.5 Å². The minimum absolute atomic E-state index is 0.168. The molecule has 28 heavy (non-hydrogen) atoms. The molecule has 1 heterocycles. The second-order valence-corrected chi connectivity index (χ2v) is 6.67. The fourth-order valence-electron chi connectivity index (χ4n) is 3.27. The molecule has 2 aromatic carbocycles. The molecule has 1 fully saturated rings. The Balaban J connectivity index is 1.49. The highest BCUT2D eigenvalue weighted by atomic mass is 16.5. The molecule has 6 heteroatoms. The Bertz CT molecular complexity index is 812. The summed E-state index contributed by atoms with van der Waals surface area (Å²) in [4.78, 5) is 28.5. The van der Waals surface area contributed by atoms with Gasteiger partial charge in [0.25, 0.3) is 5.91 Å². The topological polar surface area (TPSA) is 59.1 Å². The Hall–Kier alpha value is -3.02. The van der Waals surface area contributed by atoms with Crippen LogP contribution >= 0.6 is 0 Å². The van der Waals surface area contributed by atoms with Crippen molar-refractivity contribution >= 4 is 17.6 Å². The first kappa shape index (κ1) is 19.7. The summed E-state index contributed by atoms with van der Waals surface area (Å²) in [6.07, 6.45) is 0.911. The number of benzene rings is 2. The summed E-state index contributed by atoms with van der Waals surface area (Å²) in [5.41, 5.74) is 2.64. The van der Waals surface area contributed by atoms with Crippen molar-refractivity contribution in [3.05, 3.63) is 59.7 Å². The summed E-state index contributed by atoms with van der Waals surface area (Å²) in [7, 11) is 1.66. The molecule has 0 N–H and O–H groups in total. The molecular formula is C22H26N2O4. The molecular weight excluding hydrogens is 356 g/mol. The lowest BCUT2D eigenvalue weighted by atomic mass is 10.1. The number of anilines is 1. The predicted molar refractivity (Wildman–Crippen MR) is 108 cm³/mol. The molecule has 0 unspecified atom stereocenters. The second-order valence-electron chi connectivity index (χ2n) is 6.67. The highest BCUT2D eigenvalue weighted by Gasteiger charge is 2.23. The molecule has 0 spiro atoms. The van der Waals surface area contributed by atoms with E-state index in [0.29, 0.717) is 31.7 Å². The molecule has 1 amide bonds. The van der Waals surface area contributed by atoms with Crippen LogP contribution in [0.25, 0.3) is 0 Å². The zero-order chi connectivity index (χ0) is 19.9. The van der Waals surface area contributed by atoms with Crippen molar-refractivity contribution in [3.8, 4) is 5.75 Å². The summed E-state index contributed by atoms with van der Waals surface area (Å²) in [6, 6.07) is 15.1. The number of carbonyl (C=O) groups excluding carboxylic acids is 2. The van der Waals surface area contributed by atoms with Crippen LogP contribution < -0.4 is 9.64 Å². The predicted octanol–water partition coefficient (Wildman–Crippen LogP) is 2.76. The zero-order valence-electron chi connectivity index (χ0n) is 16.4. The van der Waals surface area contributed by atoms with E-state index in [4.69, 9.17) is 9.47 Å². The van der Waals surface area contributed by atoms with Crippen molar-refractivity contribution in [2.24, 2.45) is 0 Å². The van der Waals surface area contributed by atoms with Gasteiger partial charge < -0.3 is 19.3 Å². The smallest absolute Gasteiger partial charge is 0.338 e. The van der Waals surface area contributed by atoms with Crippen molar-refractivity contribution in [2.75, 3.05) is 44.8 Å². The molecule has 1 saturated heterocycles. The lowest BCUT2D eigenvalue weighted by Crippen LogP contribution is -2.50. The Morgan fingerprint density at radius 1 is 0.964 bits per heavy atom. The van der Waals surface area contributed by atoms with Crippen molar-refractivity contribution in [1.82, 2.24) is 4.90 Å². The van der Waals surface area contributed by atoms with Gasteiger partial charge in [-0.05, 0) is 36.2 Å². The van der Waals surface area contributed by atoms with Gasteiger partial charge in [-0.2, -0.15) is 0 Å². The maximum Gasteiger partial charge on any atom is 0.338 e. The van der Waals surface area contributed by atoms with E-state index in [1.807, 2.05) is 36.4 Å². The van der Waals surface area contributed by atoms with Crippen LogP contribution in [0.3, 0.4) is 0 Å². The molecule has 6 nitrogen and oxygen atoms in total. The first-order valence-corrected chi connectivity index (χ1v) is 9.54. The van der Waals surface area contributed by atoms with Crippen LogP contribution in [-0.2, 0) is 16.0 Å². The molecule has 1 aliphatic rings. The van der Waals surface area contributed by atoms with Crippen molar-refractivity contribution in [3.63, 3.8) is 0 Å². The number of piperazine rings is 1. The fourth-order valence-corrected chi connectivity index (χ4v) is 3.27. The highest BCUT2D eigenvalue weighted by Crippen LogP contribution is 2.28. The molecule has 1 aliphatic heterocycles. The van der Waals surface area contributed by atoms with Gasteiger partial charge >= 0.3 is 5.97 Å². The Morgan fingerprint density at radius 2 is 1.64 bits per heavy atom. The summed E-state index contributed by atoms with van der Waals surface area (Å²) in [5, 5.41) is 0. The van der Waals surface area contributed by atoms with E-state index < -0.39 is 5.97 Å². The van der Waals surface area contributed by atoms with Gasteiger partial charge in [0, 0.05) is 26.2 Å². The number of hydrogen-bond donors (Lipinski definition) is 0. The highest BCUT2D eigenvalue weighted by molar-refractivity contribution is 5.91. The van der Waals surface area contributed by atoms with Gasteiger partial charge in [0.15, 0.2) is 6.61 Å². The van der Waals surface area contributed by atoms with E-state index in [1.54, 1.807) is 24.1 Å². The van der Waals surface area contributed by atoms with E-state index in [2.05, 4.69) is 11.8 Å². The van der Waals surface area contributed by atoms with E-state index in [0.717, 1.165) is 23.4 Å². The molecule has 3 rings (SSSR count). The lowest BCUT2D eigenvalue weighted by Gasteiger charge is -2.36. The maximum atomic E-state index is 12.4. The van der Waals surface area contributed by atoms with E-state index in [9.17, 15) is 9.59 Å². The summed E-state index contributed by atoms with van der Waals surface area (Å²) < 4.78 is 10.6. The number of aryl methyl sites for hydroxylation is 1. The third kappa shape index (κ3) is 4.63. The number of nitrogens with zero attached hydrogens (tertiary/aromatic N) is 2. The fraction of sp³-hybridized carbons (Fsp3) is 0.364. The number of carbonyl (C=O) groups is 2. The molecule has 2 aromatic rings. The minimum atomic E-state index is -0.469. The SMILES string of the molecule is CCc1ccc(C(=O)OCC(=O)N2CCN(c3ccccc3OC)CC2)cc1. The number of rotatable bonds is 6. The summed E-state index contributed by atoms with van der Waals surface area (Å²) >= 11 is 0. The maximum absolute atomic E-state index is 12.4.